The van der Waals surface area contributed by atoms with Crippen molar-refractivity contribution in [2.24, 2.45) is 0 Å². The summed E-state index contributed by atoms with van der Waals surface area (Å²) in [7, 11) is 0. The lowest BCUT2D eigenvalue weighted by Crippen LogP contribution is -2.24. The van der Waals surface area contributed by atoms with Crippen LogP contribution in [0.25, 0.3) is 10.9 Å². The molecule has 0 fully saturated rings. The van der Waals surface area contributed by atoms with Gasteiger partial charge in [0.2, 0.25) is 0 Å². The van der Waals surface area contributed by atoms with Gasteiger partial charge in [0.25, 0.3) is 0 Å². The summed E-state index contributed by atoms with van der Waals surface area (Å²) >= 11 is 0. The monoisotopic (exact) mass is 302 g/mol. The molecule has 0 saturated heterocycles. The van der Waals surface area contributed by atoms with Crippen molar-refractivity contribution in [1.82, 2.24) is 10.2 Å². The molecule has 5 nitrogen and oxygen atoms in total. The summed E-state index contributed by atoms with van der Waals surface area (Å²) in [5, 5.41) is 6.54. The topological polar surface area (TPSA) is 64.2 Å². The third-order valence-electron chi connectivity index (χ3n) is 2.36. The smallest absolute Gasteiger partial charge is 0.455 e. The van der Waals surface area contributed by atoms with Crippen molar-refractivity contribution >= 4 is 16.9 Å². The van der Waals surface area contributed by atoms with E-state index in [-0.39, 0.29) is 11.1 Å². The van der Waals surface area contributed by atoms with E-state index in [0.29, 0.717) is 5.52 Å². The van der Waals surface area contributed by atoms with E-state index in [1.54, 1.807) is 20.8 Å². The molecule has 0 atom stereocenters. The first-order chi connectivity index (χ1) is 9.55. The van der Waals surface area contributed by atoms with Gasteiger partial charge in [-0.3, -0.25) is 5.10 Å². The van der Waals surface area contributed by atoms with Gasteiger partial charge in [-0.05, 0) is 39.0 Å². The molecule has 0 amide bonds. The summed E-state index contributed by atoms with van der Waals surface area (Å²) in [6, 6.07) is 3.57. The molecule has 114 valence electrons. The van der Waals surface area contributed by atoms with Gasteiger partial charge in [-0.15, -0.1) is 13.2 Å². The van der Waals surface area contributed by atoms with Crippen LogP contribution in [0, 0.1) is 0 Å². The Morgan fingerprint density at radius 2 is 1.90 bits per heavy atom. The lowest BCUT2D eigenvalue weighted by molar-refractivity contribution is -0.274. The number of nitrogens with one attached hydrogen (secondary N) is 1. The molecule has 8 heteroatoms. The Hall–Kier alpha value is -2.25. The lowest BCUT2D eigenvalue weighted by Gasteiger charge is -2.18. The van der Waals surface area contributed by atoms with E-state index in [4.69, 9.17) is 4.74 Å². The van der Waals surface area contributed by atoms with Crippen LogP contribution in [0.1, 0.15) is 31.3 Å². The summed E-state index contributed by atoms with van der Waals surface area (Å²) in [6.07, 6.45) is -4.80. The number of benzene rings is 1. The van der Waals surface area contributed by atoms with Crippen LogP contribution in [0.15, 0.2) is 18.2 Å². The third kappa shape index (κ3) is 3.87. The highest BCUT2D eigenvalue weighted by Gasteiger charge is 2.31. The first-order valence-corrected chi connectivity index (χ1v) is 6.02. The standard InChI is InChI=1S/C13H13F3N2O3/c1-12(2,3)21-11(19)10-8-6-7(20-13(14,15)16)4-5-9(8)17-18-10/h4-6H,1-3H3,(H,17,18). The Balaban J connectivity index is 2.37. The maximum absolute atomic E-state index is 12.2. The quantitative estimate of drug-likeness (QED) is 0.863. The SMILES string of the molecule is CC(C)(C)OC(=O)c1n[nH]c2ccc(OC(F)(F)F)cc12. The van der Waals surface area contributed by atoms with Crippen LogP contribution in [0.2, 0.25) is 0 Å². The predicted octanol–water partition coefficient (Wildman–Crippen LogP) is 3.42. The van der Waals surface area contributed by atoms with Crippen LogP contribution in [-0.4, -0.2) is 28.1 Å². The summed E-state index contributed by atoms with van der Waals surface area (Å²) < 4.78 is 45.6. The molecule has 2 aromatic rings. The second kappa shape index (κ2) is 4.94. The number of fused-ring (bicyclic) bond motifs is 1. The van der Waals surface area contributed by atoms with E-state index in [9.17, 15) is 18.0 Å². The van der Waals surface area contributed by atoms with Gasteiger partial charge in [0.1, 0.15) is 11.4 Å². The van der Waals surface area contributed by atoms with E-state index in [2.05, 4.69) is 14.9 Å². The molecule has 0 saturated carbocycles. The van der Waals surface area contributed by atoms with E-state index < -0.39 is 23.7 Å². The number of carbonyl (C=O) groups excluding carboxylic acids is 1. The molecule has 1 aromatic carbocycles. The molecular formula is C13H13F3N2O3. The summed E-state index contributed by atoms with van der Waals surface area (Å²) in [5.41, 5.74) is -0.416. The molecule has 2 rings (SSSR count). The number of esters is 1. The van der Waals surface area contributed by atoms with Gasteiger partial charge < -0.3 is 9.47 Å². The summed E-state index contributed by atoms with van der Waals surface area (Å²) in [4.78, 5) is 12.0. The minimum absolute atomic E-state index is 0.0902. The summed E-state index contributed by atoms with van der Waals surface area (Å²) in [6.45, 7) is 5.04. The van der Waals surface area contributed by atoms with Crippen LogP contribution in [0.5, 0.6) is 5.75 Å². The average molecular weight is 302 g/mol. The summed E-state index contributed by atoms with van der Waals surface area (Å²) in [5.74, 6) is -1.15. The highest BCUT2D eigenvalue weighted by atomic mass is 19.4. The van der Waals surface area contributed by atoms with E-state index in [1.807, 2.05) is 0 Å². The Morgan fingerprint density at radius 1 is 1.24 bits per heavy atom. The van der Waals surface area contributed by atoms with Crippen LogP contribution < -0.4 is 4.74 Å². The van der Waals surface area contributed by atoms with Gasteiger partial charge in [-0.2, -0.15) is 5.10 Å². The first kappa shape index (κ1) is 15.1. The number of aromatic amines is 1. The Morgan fingerprint density at radius 3 is 2.48 bits per heavy atom. The molecule has 0 radical (unpaired) electrons. The van der Waals surface area contributed by atoms with Gasteiger partial charge in [-0.1, -0.05) is 0 Å². The second-order valence-electron chi connectivity index (χ2n) is 5.33. The number of hydrogen-bond donors (Lipinski definition) is 1. The fourth-order valence-electron chi connectivity index (χ4n) is 1.67. The largest absolute Gasteiger partial charge is 0.573 e. The molecule has 1 aromatic heterocycles. The highest BCUT2D eigenvalue weighted by Crippen LogP contribution is 2.28. The number of rotatable bonds is 2. The minimum Gasteiger partial charge on any atom is -0.455 e. The van der Waals surface area contributed by atoms with Crippen LogP contribution in [0.3, 0.4) is 0 Å². The number of aromatic nitrogens is 2. The number of alkyl halides is 3. The maximum Gasteiger partial charge on any atom is 0.573 e. The van der Waals surface area contributed by atoms with Crippen LogP contribution in [-0.2, 0) is 4.74 Å². The molecule has 0 aliphatic rings. The normalized spacial score (nSPS) is 12.5. The van der Waals surface area contributed by atoms with Crippen molar-refractivity contribution in [2.75, 3.05) is 0 Å². The van der Waals surface area contributed by atoms with Gasteiger partial charge in [0.15, 0.2) is 5.69 Å². The number of carbonyl (C=O) groups is 1. The molecule has 0 aliphatic heterocycles. The fraction of sp³-hybridized carbons (Fsp3) is 0.385. The molecule has 0 aliphatic carbocycles. The average Bonchev–Trinajstić information content (AvgIpc) is 2.67. The Kier molecular flexibility index (Phi) is 3.56. The number of nitrogens with zero attached hydrogens (tertiary/aromatic N) is 1. The van der Waals surface area contributed by atoms with Crippen molar-refractivity contribution in [1.29, 1.82) is 0 Å². The number of halogens is 3. The Bertz CT molecular complexity index is 671. The van der Waals surface area contributed by atoms with Crippen molar-refractivity contribution in [3.63, 3.8) is 0 Å². The third-order valence-corrected chi connectivity index (χ3v) is 2.36. The number of H-pyrrole nitrogens is 1. The molecule has 21 heavy (non-hydrogen) atoms. The van der Waals surface area contributed by atoms with Crippen LogP contribution >= 0.6 is 0 Å². The van der Waals surface area contributed by atoms with Gasteiger partial charge in [0, 0.05) is 5.39 Å². The van der Waals surface area contributed by atoms with E-state index in [0.717, 1.165) is 12.1 Å². The zero-order valence-corrected chi connectivity index (χ0v) is 11.5. The van der Waals surface area contributed by atoms with Gasteiger partial charge >= 0.3 is 12.3 Å². The van der Waals surface area contributed by atoms with E-state index in [1.165, 1.54) is 6.07 Å². The number of hydrogen-bond acceptors (Lipinski definition) is 4. The minimum atomic E-state index is -4.80. The molecule has 0 spiro atoms. The molecule has 0 unspecified atom stereocenters. The van der Waals surface area contributed by atoms with Crippen LogP contribution in [0.4, 0.5) is 13.2 Å². The number of ether oxygens (including phenoxy) is 2. The van der Waals surface area contributed by atoms with Gasteiger partial charge in [-0.25, -0.2) is 4.79 Å². The zero-order chi connectivity index (χ0) is 15.8. The molecule has 0 bridgehead atoms. The van der Waals surface area contributed by atoms with Crippen molar-refractivity contribution in [3.8, 4) is 5.75 Å². The lowest BCUT2D eigenvalue weighted by atomic mass is 10.1. The molecular weight excluding hydrogens is 289 g/mol. The first-order valence-electron chi connectivity index (χ1n) is 6.02. The fourth-order valence-corrected chi connectivity index (χ4v) is 1.67. The second-order valence-corrected chi connectivity index (χ2v) is 5.33. The molecule has 1 N–H and O–H groups in total. The Labute approximate surface area is 118 Å². The highest BCUT2D eigenvalue weighted by molar-refractivity contribution is 6.02. The predicted molar refractivity (Wildman–Crippen MR) is 67.9 cm³/mol. The molecule has 1 heterocycles. The van der Waals surface area contributed by atoms with Crippen molar-refractivity contribution < 1.29 is 27.4 Å². The van der Waals surface area contributed by atoms with Gasteiger partial charge in [0.05, 0.1) is 5.52 Å². The van der Waals surface area contributed by atoms with Crippen molar-refractivity contribution in [2.45, 2.75) is 32.7 Å². The van der Waals surface area contributed by atoms with E-state index >= 15 is 0 Å². The zero-order valence-electron chi connectivity index (χ0n) is 11.5. The van der Waals surface area contributed by atoms with Crippen molar-refractivity contribution in [3.05, 3.63) is 23.9 Å². The maximum atomic E-state index is 12.2.